The lowest BCUT2D eigenvalue weighted by atomic mass is 9.55. The summed E-state index contributed by atoms with van der Waals surface area (Å²) in [5, 5.41) is 0. The Bertz CT molecular complexity index is 3740. The summed E-state index contributed by atoms with van der Waals surface area (Å²) < 4.78 is 0. The van der Waals surface area contributed by atoms with Crippen molar-refractivity contribution in [2.24, 2.45) is 0 Å². The fourth-order valence-electron chi connectivity index (χ4n) is 13.0. The molecule has 1 heterocycles. The Morgan fingerprint density at radius 1 is 0.268 bits per heavy atom. The molecule has 334 valence electrons. The standard InChI is InChI=1S/C69H48N2/c1-67(2)57-33-17-19-35-59(57)69(60-36-20-18-34-58(60)67)56-41-39-47(48-38-40-52-51-30-15-16-32-55(51)68(62(52)43-48,49-26-11-5-12-27-49)50-28-13-6-14-29-50)42-54(56)65-53(31-21-37-61(65)69)66-70-63(45-22-7-3-8-23-45)44-64(71-66)46-24-9-4-10-25-46/h3-44H,1-2H3. The van der Waals surface area contributed by atoms with E-state index in [0.29, 0.717) is 5.82 Å². The SMILES string of the molecule is CC1(C)c2ccccc2C2(c3ccc(-c4ccc5c(c4)C(c4ccccc4)(c4ccccc4)c4ccccc4-5)cc3-c3c(-c4nc(-c5ccccc5)cc(-c5ccccc5)n4)cccc32)c2ccccc21. The number of rotatable bonds is 6. The van der Waals surface area contributed by atoms with Gasteiger partial charge in [0.25, 0.3) is 0 Å². The van der Waals surface area contributed by atoms with Crippen LogP contribution in [-0.4, -0.2) is 9.97 Å². The molecule has 2 heteroatoms. The summed E-state index contributed by atoms with van der Waals surface area (Å²) in [4.78, 5) is 11.0. The molecular weight excluding hydrogens is 857 g/mol. The Morgan fingerprint density at radius 2 is 0.704 bits per heavy atom. The number of fused-ring (bicyclic) bond motifs is 12. The first-order valence-corrected chi connectivity index (χ1v) is 24.8. The molecule has 0 N–H and O–H groups in total. The van der Waals surface area contributed by atoms with E-state index >= 15 is 0 Å². The zero-order valence-corrected chi connectivity index (χ0v) is 39.6. The van der Waals surface area contributed by atoms with Gasteiger partial charge in [0.15, 0.2) is 5.82 Å². The molecule has 0 radical (unpaired) electrons. The van der Waals surface area contributed by atoms with Crippen molar-refractivity contribution in [3.63, 3.8) is 0 Å². The predicted molar refractivity (Wildman–Crippen MR) is 291 cm³/mol. The molecule has 1 aromatic heterocycles. The third kappa shape index (κ3) is 5.82. The largest absolute Gasteiger partial charge is 0.228 e. The van der Waals surface area contributed by atoms with Crippen molar-refractivity contribution < 1.29 is 0 Å². The Balaban J connectivity index is 1.06. The van der Waals surface area contributed by atoms with Gasteiger partial charge in [0.1, 0.15) is 0 Å². The average molecular weight is 905 g/mol. The first-order valence-electron chi connectivity index (χ1n) is 24.8. The predicted octanol–water partition coefficient (Wildman–Crippen LogP) is 16.5. The molecule has 3 aliphatic rings. The third-order valence-electron chi connectivity index (χ3n) is 16.1. The molecule has 0 saturated heterocycles. The highest BCUT2D eigenvalue weighted by Gasteiger charge is 2.54. The molecule has 0 bridgehead atoms. The topological polar surface area (TPSA) is 25.8 Å². The molecule has 11 aromatic rings. The van der Waals surface area contributed by atoms with E-state index in [2.05, 4.69) is 269 Å². The maximum atomic E-state index is 5.50. The first-order chi connectivity index (χ1) is 35.0. The second-order valence-electron chi connectivity index (χ2n) is 19.9. The number of nitrogens with zero attached hydrogens (tertiary/aromatic N) is 2. The smallest absolute Gasteiger partial charge is 0.161 e. The van der Waals surface area contributed by atoms with Crippen molar-refractivity contribution >= 4 is 0 Å². The molecule has 0 aliphatic heterocycles. The summed E-state index contributed by atoms with van der Waals surface area (Å²) in [6.07, 6.45) is 0. The van der Waals surface area contributed by atoms with Crippen LogP contribution in [0.1, 0.15) is 69.5 Å². The van der Waals surface area contributed by atoms with E-state index < -0.39 is 10.8 Å². The van der Waals surface area contributed by atoms with Crippen molar-refractivity contribution in [3.05, 3.63) is 310 Å². The van der Waals surface area contributed by atoms with Crippen molar-refractivity contribution in [2.45, 2.75) is 30.1 Å². The summed E-state index contributed by atoms with van der Waals surface area (Å²) in [7, 11) is 0. The minimum Gasteiger partial charge on any atom is -0.228 e. The highest BCUT2D eigenvalue weighted by molar-refractivity contribution is 5.98. The Morgan fingerprint density at radius 3 is 1.30 bits per heavy atom. The normalized spacial score (nSPS) is 14.7. The molecule has 0 amide bonds. The Kier molecular flexibility index (Phi) is 9.10. The van der Waals surface area contributed by atoms with Gasteiger partial charge in [-0.1, -0.05) is 250 Å². The van der Waals surface area contributed by atoms with E-state index in [-0.39, 0.29) is 5.41 Å². The van der Waals surface area contributed by atoms with Gasteiger partial charge < -0.3 is 0 Å². The van der Waals surface area contributed by atoms with Crippen LogP contribution in [0.4, 0.5) is 0 Å². The van der Waals surface area contributed by atoms with Gasteiger partial charge in [-0.25, -0.2) is 9.97 Å². The van der Waals surface area contributed by atoms with E-state index in [4.69, 9.17) is 9.97 Å². The van der Waals surface area contributed by atoms with Crippen LogP contribution in [0.15, 0.2) is 255 Å². The minimum atomic E-state index is -0.601. The van der Waals surface area contributed by atoms with Gasteiger partial charge in [-0.05, 0) is 107 Å². The van der Waals surface area contributed by atoms with Gasteiger partial charge in [0.2, 0.25) is 0 Å². The molecule has 3 aliphatic carbocycles. The maximum Gasteiger partial charge on any atom is 0.161 e. The molecule has 0 atom stereocenters. The van der Waals surface area contributed by atoms with E-state index in [0.717, 1.165) is 33.6 Å². The van der Waals surface area contributed by atoms with Crippen LogP contribution in [0.5, 0.6) is 0 Å². The van der Waals surface area contributed by atoms with Gasteiger partial charge in [0.05, 0.1) is 22.2 Å². The minimum absolute atomic E-state index is 0.220. The average Bonchev–Trinajstić information content (AvgIpc) is 3.92. The molecule has 2 nitrogen and oxygen atoms in total. The molecule has 0 fully saturated rings. The Labute approximate surface area is 415 Å². The maximum absolute atomic E-state index is 5.50. The molecule has 1 spiro atoms. The second-order valence-corrected chi connectivity index (χ2v) is 19.9. The van der Waals surface area contributed by atoms with Gasteiger partial charge in [-0.2, -0.15) is 0 Å². The zero-order chi connectivity index (χ0) is 47.3. The van der Waals surface area contributed by atoms with Crippen LogP contribution in [-0.2, 0) is 16.2 Å². The van der Waals surface area contributed by atoms with E-state index in [1.54, 1.807) is 0 Å². The van der Waals surface area contributed by atoms with Crippen LogP contribution in [0, 0.1) is 0 Å². The fraction of sp³-hybridized carbons (Fsp3) is 0.0725. The number of hydrogen-bond donors (Lipinski definition) is 0. The number of aromatic nitrogens is 2. The van der Waals surface area contributed by atoms with Gasteiger partial charge in [0, 0.05) is 22.1 Å². The first kappa shape index (κ1) is 41.3. The molecule has 71 heavy (non-hydrogen) atoms. The van der Waals surface area contributed by atoms with Crippen molar-refractivity contribution in [2.75, 3.05) is 0 Å². The van der Waals surface area contributed by atoms with E-state index in [1.165, 1.54) is 83.5 Å². The number of hydrogen-bond acceptors (Lipinski definition) is 2. The molecule has 0 saturated carbocycles. The highest BCUT2D eigenvalue weighted by atomic mass is 14.9. The van der Waals surface area contributed by atoms with Crippen LogP contribution < -0.4 is 0 Å². The van der Waals surface area contributed by atoms with Crippen molar-refractivity contribution in [1.29, 1.82) is 0 Å². The van der Waals surface area contributed by atoms with Gasteiger partial charge in [-0.3, -0.25) is 0 Å². The third-order valence-corrected chi connectivity index (χ3v) is 16.1. The van der Waals surface area contributed by atoms with Crippen molar-refractivity contribution in [1.82, 2.24) is 9.97 Å². The van der Waals surface area contributed by atoms with Crippen LogP contribution in [0.2, 0.25) is 0 Å². The summed E-state index contributed by atoms with van der Waals surface area (Å²) >= 11 is 0. The summed E-state index contributed by atoms with van der Waals surface area (Å²) in [6.45, 7) is 4.78. The quantitative estimate of drug-likeness (QED) is 0.166. The molecular formula is C69H48N2. The van der Waals surface area contributed by atoms with Crippen LogP contribution in [0.3, 0.4) is 0 Å². The van der Waals surface area contributed by atoms with E-state index in [9.17, 15) is 0 Å². The van der Waals surface area contributed by atoms with Gasteiger partial charge >= 0.3 is 0 Å². The molecule has 10 aromatic carbocycles. The number of benzene rings is 10. The molecule has 0 unspecified atom stereocenters. The lowest BCUT2D eigenvalue weighted by Crippen LogP contribution is -2.40. The van der Waals surface area contributed by atoms with Crippen molar-refractivity contribution in [3.8, 4) is 67.3 Å². The second kappa shape index (κ2) is 15.7. The Hall–Kier alpha value is -8.72. The summed E-state index contributed by atoms with van der Waals surface area (Å²) in [6, 6.07) is 94.1. The van der Waals surface area contributed by atoms with E-state index in [1.807, 2.05) is 0 Å². The van der Waals surface area contributed by atoms with Crippen LogP contribution in [0.25, 0.3) is 67.3 Å². The summed E-state index contributed by atoms with van der Waals surface area (Å²) in [5.74, 6) is 0.707. The monoisotopic (exact) mass is 904 g/mol. The molecule has 14 rings (SSSR count). The zero-order valence-electron chi connectivity index (χ0n) is 39.6. The van der Waals surface area contributed by atoms with Crippen LogP contribution >= 0.6 is 0 Å². The highest BCUT2D eigenvalue weighted by Crippen LogP contribution is 2.64. The fourth-order valence-corrected chi connectivity index (χ4v) is 13.0. The lowest BCUT2D eigenvalue weighted by Gasteiger charge is -2.46. The van der Waals surface area contributed by atoms with Gasteiger partial charge in [-0.15, -0.1) is 0 Å². The summed E-state index contributed by atoms with van der Waals surface area (Å²) in [5.41, 5.74) is 23.8. The lowest BCUT2D eigenvalue weighted by molar-refractivity contribution is 0.563.